The van der Waals surface area contributed by atoms with Gasteiger partial charge in [-0.15, -0.1) is 0 Å². The lowest BCUT2D eigenvalue weighted by molar-refractivity contribution is 0.329. The average Bonchev–Trinajstić information content (AvgIpc) is 3.05. The highest BCUT2D eigenvalue weighted by Gasteiger charge is 2.17. The summed E-state index contributed by atoms with van der Waals surface area (Å²) in [5, 5.41) is 2.92. The lowest BCUT2D eigenvalue weighted by Crippen LogP contribution is -2.10. The van der Waals surface area contributed by atoms with E-state index in [-0.39, 0.29) is 0 Å². The largest absolute Gasteiger partial charge is 0.468 e. The molecular formula is C17H20NO3P. The van der Waals surface area contributed by atoms with Gasteiger partial charge in [0.2, 0.25) is 0 Å². The molecule has 4 nitrogen and oxygen atoms in total. The van der Waals surface area contributed by atoms with Crippen molar-refractivity contribution in [3.8, 4) is 0 Å². The Morgan fingerprint density at radius 2 is 2.00 bits per heavy atom. The van der Waals surface area contributed by atoms with Crippen molar-refractivity contribution in [1.29, 1.82) is 0 Å². The van der Waals surface area contributed by atoms with Crippen LogP contribution < -0.4 is 5.09 Å². The molecule has 0 spiro atoms. The van der Waals surface area contributed by atoms with Gasteiger partial charge in [-0.1, -0.05) is 48.6 Å². The Bertz CT molecular complexity index is 648. The van der Waals surface area contributed by atoms with Gasteiger partial charge in [0.25, 0.3) is 7.52 Å². The maximum Gasteiger partial charge on any atom is 0.293 e. The zero-order chi connectivity index (χ0) is 15.7. The Hall–Kier alpha value is -1.87. The summed E-state index contributed by atoms with van der Waals surface area (Å²) in [5.41, 5.74) is 1.09. The fourth-order valence-corrected chi connectivity index (χ4v) is 3.20. The molecule has 0 fully saturated rings. The first-order valence-electron chi connectivity index (χ1n) is 7.14. The van der Waals surface area contributed by atoms with E-state index in [2.05, 4.69) is 5.09 Å². The molecule has 0 aliphatic heterocycles. The Morgan fingerprint density at radius 3 is 2.68 bits per heavy atom. The molecule has 0 bridgehead atoms. The molecule has 0 radical (unpaired) electrons. The van der Waals surface area contributed by atoms with Crippen molar-refractivity contribution in [2.45, 2.75) is 13.5 Å². The van der Waals surface area contributed by atoms with Gasteiger partial charge in [-0.2, -0.15) is 0 Å². The molecule has 5 heteroatoms. The van der Waals surface area contributed by atoms with Crippen LogP contribution in [-0.4, -0.2) is 6.61 Å². The maximum absolute atomic E-state index is 12.6. The Kier molecular flexibility index (Phi) is 6.41. The molecule has 1 unspecified atom stereocenters. The van der Waals surface area contributed by atoms with Crippen LogP contribution in [0.3, 0.4) is 0 Å². The van der Waals surface area contributed by atoms with E-state index in [9.17, 15) is 4.57 Å². The predicted molar refractivity (Wildman–Crippen MR) is 89.4 cm³/mol. The summed E-state index contributed by atoms with van der Waals surface area (Å²) in [6, 6.07) is 13.5. The molecule has 0 saturated heterocycles. The summed E-state index contributed by atoms with van der Waals surface area (Å²) in [4.78, 5) is 0. The summed E-state index contributed by atoms with van der Waals surface area (Å²) < 4.78 is 23.2. The van der Waals surface area contributed by atoms with E-state index in [1.54, 1.807) is 24.2 Å². The van der Waals surface area contributed by atoms with E-state index in [1.807, 2.05) is 55.5 Å². The van der Waals surface area contributed by atoms with Crippen LogP contribution in [-0.2, 0) is 15.6 Å². The van der Waals surface area contributed by atoms with Crippen molar-refractivity contribution >= 4 is 13.6 Å². The normalized spacial score (nSPS) is 14.6. The molecule has 2 aromatic rings. The van der Waals surface area contributed by atoms with Crippen LogP contribution in [0.5, 0.6) is 0 Å². The second-order valence-corrected chi connectivity index (χ2v) is 6.61. The molecule has 0 saturated carbocycles. The van der Waals surface area contributed by atoms with E-state index in [0.29, 0.717) is 18.9 Å². The minimum Gasteiger partial charge on any atom is -0.468 e. The highest BCUT2D eigenvalue weighted by atomic mass is 31.2. The van der Waals surface area contributed by atoms with Crippen molar-refractivity contribution in [2.75, 3.05) is 6.61 Å². The number of benzene rings is 1. The highest BCUT2D eigenvalue weighted by Crippen LogP contribution is 2.44. The van der Waals surface area contributed by atoms with Gasteiger partial charge in [0.1, 0.15) is 5.76 Å². The first-order chi connectivity index (χ1) is 10.7. The smallest absolute Gasteiger partial charge is 0.293 e. The van der Waals surface area contributed by atoms with Crippen molar-refractivity contribution in [3.05, 3.63) is 78.0 Å². The van der Waals surface area contributed by atoms with Crippen LogP contribution in [0.2, 0.25) is 0 Å². The van der Waals surface area contributed by atoms with Gasteiger partial charge in [0.15, 0.2) is 0 Å². The fourth-order valence-electron chi connectivity index (χ4n) is 1.83. The molecule has 1 N–H and O–H groups in total. The average molecular weight is 317 g/mol. The van der Waals surface area contributed by atoms with Gasteiger partial charge < -0.3 is 8.94 Å². The van der Waals surface area contributed by atoms with Crippen LogP contribution in [0.4, 0.5) is 0 Å². The number of hydrogen-bond acceptors (Lipinski definition) is 3. The van der Waals surface area contributed by atoms with E-state index in [1.165, 1.54) is 0 Å². The number of hydrogen-bond donors (Lipinski definition) is 1. The number of nitrogens with one attached hydrogen (secondary N) is 1. The second kappa shape index (κ2) is 8.54. The molecule has 2 rings (SSSR count). The third-order valence-corrected chi connectivity index (χ3v) is 4.66. The first kappa shape index (κ1) is 16.5. The van der Waals surface area contributed by atoms with Crippen LogP contribution in [0, 0.1) is 0 Å². The second-order valence-electron chi connectivity index (χ2n) is 4.54. The van der Waals surface area contributed by atoms with Crippen LogP contribution in [0.1, 0.15) is 18.2 Å². The molecule has 1 heterocycles. The van der Waals surface area contributed by atoms with Gasteiger partial charge in [-0.05, 0) is 24.6 Å². The Labute approximate surface area is 131 Å². The standard InChI is InChI=1S/C17H20NO3P/c1-2-21-22(19,18-15-17-12-8-13-20-17)14-7-6-11-16-9-4-3-5-10-16/h3-14H,2,15H2,1H3,(H,18,19)/b11-6+,14-7+. The number of rotatable bonds is 8. The number of allylic oxidation sites excluding steroid dienone is 2. The lowest BCUT2D eigenvalue weighted by atomic mass is 10.2. The van der Waals surface area contributed by atoms with Crippen LogP contribution in [0.15, 0.2) is 71.1 Å². The van der Waals surface area contributed by atoms with Gasteiger partial charge in [-0.3, -0.25) is 4.57 Å². The molecule has 116 valence electrons. The van der Waals surface area contributed by atoms with Crippen LogP contribution in [0.25, 0.3) is 6.08 Å². The third kappa shape index (κ3) is 5.49. The first-order valence-corrected chi connectivity index (χ1v) is 8.84. The Morgan fingerprint density at radius 1 is 1.18 bits per heavy atom. The summed E-state index contributed by atoms with van der Waals surface area (Å²) >= 11 is 0. The SMILES string of the molecule is CCOP(=O)(/C=C/C=C/c1ccccc1)NCc1ccco1. The van der Waals surface area contributed by atoms with Crippen molar-refractivity contribution < 1.29 is 13.5 Å². The Balaban J connectivity index is 1.96. The maximum atomic E-state index is 12.6. The monoisotopic (exact) mass is 317 g/mol. The summed E-state index contributed by atoms with van der Waals surface area (Å²) in [6.45, 7) is 2.54. The summed E-state index contributed by atoms with van der Waals surface area (Å²) in [7, 11) is -3.02. The molecule has 1 atom stereocenters. The highest BCUT2D eigenvalue weighted by molar-refractivity contribution is 7.60. The molecule has 1 aromatic heterocycles. The van der Waals surface area contributed by atoms with E-state index in [4.69, 9.17) is 8.94 Å². The van der Waals surface area contributed by atoms with Gasteiger partial charge in [0, 0.05) is 5.82 Å². The van der Waals surface area contributed by atoms with Crippen LogP contribution >= 0.6 is 7.52 Å². The zero-order valence-electron chi connectivity index (χ0n) is 12.5. The quantitative estimate of drug-likeness (QED) is 0.560. The minimum absolute atomic E-state index is 0.358. The molecule has 0 aliphatic rings. The minimum atomic E-state index is -3.02. The van der Waals surface area contributed by atoms with Crippen molar-refractivity contribution in [1.82, 2.24) is 5.09 Å². The third-order valence-electron chi connectivity index (χ3n) is 2.86. The topological polar surface area (TPSA) is 51.5 Å². The summed E-state index contributed by atoms with van der Waals surface area (Å²) in [6.07, 6.45) is 7.11. The molecule has 22 heavy (non-hydrogen) atoms. The molecule has 0 amide bonds. The number of furan rings is 1. The fraction of sp³-hybridized carbons (Fsp3) is 0.176. The van der Waals surface area contributed by atoms with E-state index < -0.39 is 7.52 Å². The zero-order valence-corrected chi connectivity index (χ0v) is 13.4. The predicted octanol–water partition coefficient (Wildman–Crippen LogP) is 4.83. The van der Waals surface area contributed by atoms with E-state index >= 15 is 0 Å². The van der Waals surface area contributed by atoms with Gasteiger partial charge >= 0.3 is 0 Å². The molecular weight excluding hydrogens is 297 g/mol. The lowest BCUT2D eigenvalue weighted by Gasteiger charge is -2.14. The van der Waals surface area contributed by atoms with Crippen molar-refractivity contribution in [2.24, 2.45) is 0 Å². The van der Waals surface area contributed by atoms with Gasteiger partial charge in [-0.25, -0.2) is 5.09 Å². The summed E-state index contributed by atoms with van der Waals surface area (Å²) in [5.74, 6) is 2.28. The molecule has 0 aliphatic carbocycles. The van der Waals surface area contributed by atoms with Crippen molar-refractivity contribution in [3.63, 3.8) is 0 Å². The van der Waals surface area contributed by atoms with E-state index in [0.717, 1.165) is 5.56 Å². The van der Waals surface area contributed by atoms with Gasteiger partial charge in [0.05, 0.1) is 19.4 Å². The molecule has 1 aromatic carbocycles.